The van der Waals surface area contributed by atoms with Gasteiger partial charge in [-0.05, 0) is 55.9 Å². The van der Waals surface area contributed by atoms with Crippen molar-refractivity contribution < 1.29 is 9.53 Å². The summed E-state index contributed by atoms with van der Waals surface area (Å²) in [5.74, 6) is 0.985. The lowest BCUT2D eigenvalue weighted by atomic mass is 10.1. The predicted octanol–water partition coefficient (Wildman–Crippen LogP) is 4.34. The van der Waals surface area contributed by atoms with Crippen molar-refractivity contribution >= 4 is 34.8 Å². The van der Waals surface area contributed by atoms with E-state index < -0.39 is 0 Å². The molecule has 1 amide bonds. The van der Waals surface area contributed by atoms with E-state index in [-0.39, 0.29) is 11.9 Å². The van der Waals surface area contributed by atoms with E-state index in [0.717, 1.165) is 43.2 Å². The Labute approximate surface area is 182 Å². The Morgan fingerprint density at radius 2 is 1.76 bits per heavy atom. The number of hydrogen-bond acceptors (Lipinski definition) is 4. The van der Waals surface area contributed by atoms with Crippen molar-refractivity contribution in [3.8, 4) is 5.75 Å². The third kappa shape index (κ3) is 5.35. The molecule has 0 bridgehead atoms. The number of carbonyl (C=O) groups excluding carboxylic acids is 1. The number of halogens is 2. The second kappa shape index (κ2) is 9.70. The first-order valence-corrected chi connectivity index (χ1v) is 10.5. The summed E-state index contributed by atoms with van der Waals surface area (Å²) in [6.45, 7) is 5.47. The zero-order chi connectivity index (χ0) is 21.0. The minimum Gasteiger partial charge on any atom is -0.497 e. The van der Waals surface area contributed by atoms with E-state index in [0.29, 0.717) is 16.6 Å². The van der Waals surface area contributed by atoms with Crippen LogP contribution < -0.4 is 9.64 Å². The van der Waals surface area contributed by atoms with Gasteiger partial charge in [0.15, 0.2) is 0 Å². The Balaban J connectivity index is 1.53. The molecule has 1 heterocycles. The Bertz CT molecular complexity index is 836. The number of benzene rings is 2. The summed E-state index contributed by atoms with van der Waals surface area (Å²) in [6.07, 6.45) is 0. The van der Waals surface area contributed by atoms with E-state index in [1.54, 1.807) is 13.2 Å². The average Bonchev–Trinajstić information content (AvgIpc) is 2.73. The van der Waals surface area contributed by atoms with Gasteiger partial charge < -0.3 is 14.5 Å². The summed E-state index contributed by atoms with van der Waals surface area (Å²) < 4.78 is 5.22. The molecular weight excluding hydrogens is 409 g/mol. The van der Waals surface area contributed by atoms with Crippen LogP contribution in [0.4, 0.5) is 5.69 Å². The second-order valence-electron chi connectivity index (χ2n) is 7.32. The summed E-state index contributed by atoms with van der Waals surface area (Å²) in [6, 6.07) is 13.5. The van der Waals surface area contributed by atoms with Gasteiger partial charge in [-0.3, -0.25) is 9.69 Å². The summed E-state index contributed by atoms with van der Waals surface area (Å²) in [5, 5.41) is 1.23. The van der Waals surface area contributed by atoms with Gasteiger partial charge in [0.05, 0.1) is 13.7 Å². The molecule has 5 nitrogen and oxygen atoms in total. The number of hydrogen-bond donors (Lipinski definition) is 0. The molecule has 7 heteroatoms. The number of ether oxygens (including phenoxy) is 1. The molecule has 2 aromatic rings. The van der Waals surface area contributed by atoms with Gasteiger partial charge in [-0.2, -0.15) is 0 Å². The number of anilines is 1. The first kappa shape index (κ1) is 21.8. The molecule has 1 saturated heterocycles. The van der Waals surface area contributed by atoms with Crippen LogP contribution in [0.15, 0.2) is 42.5 Å². The molecular formula is C22H27Cl2N3O2. The zero-order valence-corrected chi connectivity index (χ0v) is 18.6. The minimum atomic E-state index is 0.0179. The number of carbonyl (C=O) groups is 1. The van der Waals surface area contributed by atoms with Crippen molar-refractivity contribution in [1.29, 1.82) is 0 Å². The van der Waals surface area contributed by atoms with E-state index >= 15 is 0 Å². The number of amides is 1. The normalized spacial score (nSPS) is 15.5. The fourth-order valence-electron chi connectivity index (χ4n) is 3.54. The molecule has 2 aromatic carbocycles. The lowest BCUT2D eigenvalue weighted by Crippen LogP contribution is -2.51. The van der Waals surface area contributed by atoms with E-state index in [2.05, 4.69) is 17.0 Å². The van der Waals surface area contributed by atoms with Crippen LogP contribution in [0, 0.1) is 0 Å². The van der Waals surface area contributed by atoms with Gasteiger partial charge in [0.2, 0.25) is 5.91 Å². The highest BCUT2D eigenvalue weighted by atomic mass is 35.5. The van der Waals surface area contributed by atoms with E-state index in [1.165, 1.54) is 0 Å². The van der Waals surface area contributed by atoms with Gasteiger partial charge in [0, 0.05) is 48.0 Å². The Kier molecular flexibility index (Phi) is 7.28. The minimum absolute atomic E-state index is 0.0179. The van der Waals surface area contributed by atoms with Gasteiger partial charge in [0.1, 0.15) is 5.75 Å². The van der Waals surface area contributed by atoms with Crippen LogP contribution in [-0.4, -0.2) is 62.6 Å². The van der Waals surface area contributed by atoms with Gasteiger partial charge in [-0.25, -0.2) is 0 Å². The summed E-state index contributed by atoms with van der Waals surface area (Å²) in [5.41, 5.74) is 2.12. The van der Waals surface area contributed by atoms with E-state index in [1.807, 2.05) is 48.0 Å². The number of likely N-dealkylation sites (N-methyl/N-ethyl adjacent to an activating group) is 1. The van der Waals surface area contributed by atoms with Gasteiger partial charge >= 0.3 is 0 Å². The van der Waals surface area contributed by atoms with Crippen molar-refractivity contribution in [3.05, 3.63) is 58.1 Å². The molecule has 0 spiro atoms. The number of rotatable bonds is 6. The summed E-state index contributed by atoms with van der Waals surface area (Å²) in [7, 11) is 3.61. The first-order chi connectivity index (χ1) is 13.9. The molecule has 156 valence electrons. The first-order valence-electron chi connectivity index (χ1n) is 9.71. The molecule has 3 rings (SSSR count). The number of piperazine rings is 1. The Hall–Kier alpha value is -1.95. The zero-order valence-electron chi connectivity index (χ0n) is 17.1. The quantitative estimate of drug-likeness (QED) is 0.675. The molecule has 1 aliphatic heterocycles. The largest absolute Gasteiger partial charge is 0.497 e. The highest BCUT2D eigenvalue weighted by molar-refractivity contribution is 6.35. The van der Waals surface area contributed by atoms with Crippen LogP contribution in [0.2, 0.25) is 10.0 Å². The van der Waals surface area contributed by atoms with Crippen molar-refractivity contribution in [1.82, 2.24) is 9.80 Å². The third-order valence-corrected chi connectivity index (χ3v) is 6.09. The maximum absolute atomic E-state index is 12.8. The molecule has 1 fully saturated rings. The fraction of sp³-hybridized carbons (Fsp3) is 0.409. The van der Waals surface area contributed by atoms with Crippen LogP contribution in [-0.2, 0) is 4.79 Å². The molecule has 29 heavy (non-hydrogen) atoms. The van der Waals surface area contributed by atoms with Crippen molar-refractivity contribution in [3.63, 3.8) is 0 Å². The standard InChI is InChI=1S/C22H27Cl2N3O2/c1-16(20-9-4-17(23)14-21(20)24)25(2)15-22(28)27-12-10-26(11-13-27)18-5-7-19(29-3)8-6-18/h4-9,14,16H,10-13,15H2,1-3H3. The molecule has 0 aliphatic carbocycles. The molecule has 1 unspecified atom stereocenters. The van der Waals surface area contributed by atoms with Crippen LogP contribution in [0.3, 0.4) is 0 Å². The predicted molar refractivity (Wildman–Crippen MR) is 119 cm³/mol. The maximum atomic E-state index is 12.8. The molecule has 0 saturated carbocycles. The van der Waals surface area contributed by atoms with Crippen molar-refractivity contribution in [2.45, 2.75) is 13.0 Å². The lowest BCUT2D eigenvalue weighted by molar-refractivity contribution is -0.132. The van der Waals surface area contributed by atoms with Gasteiger partial charge in [0.25, 0.3) is 0 Å². The van der Waals surface area contributed by atoms with Crippen LogP contribution >= 0.6 is 23.2 Å². The molecule has 0 aromatic heterocycles. The highest BCUT2D eigenvalue weighted by Gasteiger charge is 2.24. The molecule has 0 radical (unpaired) electrons. The second-order valence-corrected chi connectivity index (χ2v) is 8.17. The van der Waals surface area contributed by atoms with Crippen molar-refractivity contribution in [2.24, 2.45) is 0 Å². The Morgan fingerprint density at radius 1 is 1.10 bits per heavy atom. The van der Waals surface area contributed by atoms with Gasteiger partial charge in [-0.15, -0.1) is 0 Å². The van der Waals surface area contributed by atoms with Crippen LogP contribution in [0.25, 0.3) is 0 Å². The third-order valence-electron chi connectivity index (χ3n) is 5.53. The smallest absolute Gasteiger partial charge is 0.236 e. The number of methoxy groups -OCH3 is 1. The highest BCUT2D eigenvalue weighted by Crippen LogP contribution is 2.29. The summed E-state index contributed by atoms with van der Waals surface area (Å²) in [4.78, 5) is 19.1. The van der Waals surface area contributed by atoms with Crippen LogP contribution in [0.5, 0.6) is 5.75 Å². The number of nitrogens with zero attached hydrogens (tertiary/aromatic N) is 3. The fourth-order valence-corrected chi connectivity index (χ4v) is 4.10. The van der Waals surface area contributed by atoms with E-state index in [4.69, 9.17) is 27.9 Å². The topological polar surface area (TPSA) is 36.0 Å². The van der Waals surface area contributed by atoms with Crippen molar-refractivity contribution in [2.75, 3.05) is 51.8 Å². The maximum Gasteiger partial charge on any atom is 0.236 e. The molecule has 0 N–H and O–H groups in total. The Morgan fingerprint density at radius 3 is 2.34 bits per heavy atom. The lowest BCUT2D eigenvalue weighted by Gasteiger charge is -2.37. The monoisotopic (exact) mass is 435 g/mol. The van der Waals surface area contributed by atoms with Gasteiger partial charge in [-0.1, -0.05) is 29.3 Å². The summed E-state index contributed by atoms with van der Waals surface area (Å²) >= 11 is 12.3. The molecule has 1 aliphatic rings. The molecule has 1 atom stereocenters. The SMILES string of the molecule is COc1ccc(N2CCN(C(=O)CN(C)C(C)c3ccc(Cl)cc3Cl)CC2)cc1. The van der Waals surface area contributed by atoms with E-state index in [9.17, 15) is 4.79 Å². The average molecular weight is 436 g/mol. The van der Waals surface area contributed by atoms with Crippen LogP contribution in [0.1, 0.15) is 18.5 Å².